The van der Waals surface area contributed by atoms with Crippen LogP contribution in [-0.2, 0) is 10.0 Å². The molecule has 0 unspecified atom stereocenters. The fourth-order valence-electron chi connectivity index (χ4n) is 1.80. The van der Waals surface area contributed by atoms with E-state index < -0.39 is 21.4 Å². The summed E-state index contributed by atoms with van der Waals surface area (Å²) in [7, 11) is -3.80. The van der Waals surface area contributed by atoms with Gasteiger partial charge in [0.15, 0.2) is 0 Å². The van der Waals surface area contributed by atoms with Crippen LogP contribution in [0.3, 0.4) is 0 Å². The van der Waals surface area contributed by atoms with Gasteiger partial charge in [-0.15, -0.1) is 0 Å². The molecule has 1 rings (SSSR count). The topological polar surface area (TPSA) is 57.6 Å². The first-order valence-corrected chi connectivity index (χ1v) is 7.51. The Morgan fingerprint density at radius 2 is 1.95 bits per heavy atom. The summed E-state index contributed by atoms with van der Waals surface area (Å²) in [5.41, 5.74) is -1.05. The van der Waals surface area contributed by atoms with Crippen LogP contribution >= 0.6 is 0 Å². The molecule has 0 fully saturated rings. The molecule has 0 bridgehead atoms. The van der Waals surface area contributed by atoms with Crippen molar-refractivity contribution in [3.8, 4) is 0 Å². The molecular formula is C13H20FNO3S. The zero-order chi connectivity index (χ0) is 14.8. The van der Waals surface area contributed by atoms with Crippen molar-refractivity contribution < 1.29 is 17.9 Å². The smallest absolute Gasteiger partial charge is 0.243 e. The first-order valence-electron chi connectivity index (χ1n) is 6.07. The predicted molar refractivity (Wildman–Crippen MR) is 71.9 cm³/mol. The third kappa shape index (κ3) is 3.75. The molecule has 0 heterocycles. The van der Waals surface area contributed by atoms with Gasteiger partial charge in [0.1, 0.15) is 5.82 Å². The molecule has 4 nitrogen and oxygen atoms in total. The molecular weight excluding hydrogens is 269 g/mol. The van der Waals surface area contributed by atoms with Crippen LogP contribution < -0.4 is 0 Å². The number of benzene rings is 1. The first kappa shape index (κ1) is 16.1. The van der Waals surface area contributed by atoms with Crippen molar-refractivity contribution in [2.75, 3.05) is 13.1 Å². The van der Waals surface area contributed by atoms with Gasteiger partial charge in [0.25, 0.3) is 0 Å². The predicted octanol–water partition coefficient (Wildman–Crippen LogP) is 1.92. The minimum absolute atomic E-state index is 0.0399. The third-order valence-electron chi connectivity index (χ3n) is 2.75. The van der Waals surface area contributed by atoms with Crippen LogP contribution in [0.25, 0.3) is 0 Å². The molecule has 0 saturated heterocycles. The summed E-state index contributed by atoms with van der Waals surface area (Å²) in [6, 6.07) is 3.97. The zero-order valence-corrected chi connectivity index (χ0v) is 12.5. The van der Waals surface area contributed by atoms with Gasteiger partial charge in [-0.2, -0.15) is 4.31 Å². The summed E-state index contributed by atoms with van der Waals surface area (Å²) in [5, 5.41) is 9.77. The van der Waals surface area contributed by atoms with Crippen LogP contribution in [0.4, 0.5) is 4.39 Å². The summed E-state index contributed by atoms with van der Waals surface area (Å²) >= 11 is 0. The minimum atomic E-state index is -3.80. The average Bonchev–Trinajstić information content (AvgIpc) is 2.28. The lowest BCUT2D eigenvalue weighted by Gasteiger charge is -2.27. The number of halogens is 1. The summed E-state index contributed by atoms with van der Waals surface area (Å²) in [6.07, 6.45) is 0. The average molecular weight is 289 g/mol. The number of hydrogen-bond acceptors (Lipinski definition) is 3. The van der Waals surface area contributed by atoms with E-state index in [9.17, 15) is 17.9 Å². The van der Waals surface area contributed by atoms with Crippen molar-refractivity contribution in [3.63, 3.8) is 0 Å². The molecule has 0 aliphatic carbocycles. The largest absolute Gasteiger partial charge is 0.389 e. The molecule has 0 radical (unpaired) electrons. The van der Waals surface area contributed by atoms with Crippen molar-refractivity contribution >= 4 is 10.0 Å². The lowest BCUT2D eigenvalue weighted by molar-refractivity contribution is 0.0601. The van der Waals surface area contributed by atoms with E-state index in [1.807, 2.05) is 0 Å². The number of nitrogens with zero attached hydrogens (tertiary/aromatic N) is 1. The van der Waals surface area contributed by atoms with Gasteiger partial charge in [0, 0.05) is 18.7 Å². The number of hydrogen-bond donors (Lipinski definition) is 1. The Kier molecular flexibility index (Phi) is 4.71. The van der Waals surface area contributed by atoms with E-state index in [1.165, 1.54) is 39.0 Å². The molecule has 0 atom stereocenters. The normalized spacial score (nSPS) is 13.0. The van der Waals surface area contributed by atoms with Crippen molar-refractivity contribution in [2.24, 2.45) is 0 Å². The number of likely N-dealkylation sites (N-methyl/N-ethyl adjacent to an activating group) is 1. The maximum Gasteiger partial charge on any atom is 0.243 e. The van der Waals surface area contributed by atoms with E-state index in [0.29, 0.717) is 0 Å². The molecule has 0 spiro atoms. The number of rotatable bonds is 5. The molecule has 0 aliphatic rings. The number of sulfonamides is 1. The van der Waals surface area contributed by atoms with E-state index in [1.54, 1.807) is 6.92 Å². The summed E-state index contributed by atoms with van der Waals surface area (Å²) in [5.74, 6) is -0.555. The molecule has 1 aromatic carbocycles. The van der Waals surface area contributed by atoms with E-state index in [-0.39, 0.29) is 23.5 Å². The fourth-order valence-corrected chi connectivity index (χ4v) is 3.64. The first-order chi connectivity index (χ1) is 8.59. The molecule has 0 amide bonds. The second-order valence-corrected chi connectivity index (χ2v) is 7.01. The Bertz CT molecular complexity index is 549. The zero-order valence-electron chi connectivity index (χ0n) is 11.6. The highest BCUT2D eigenvalue weighted by Crippen LogP contribution is 2.23. The molecule has 1 N–H and O–H groups in total. The Morgan fingerprint density at radius 1 is 1.37 bits per heavy atom. The lowest BCUT2D eigenvalue weighted by Crippen LogP contribution is -2.42. The quantitative estimate of drug-likeness (QED) is 0.901. The van der Waals surface area contributed by atoms with Gasteiger partial charge < -0.3 is 5.11 Å². The Labute approximate surface area is 113 Å². The highest BCUT2D eigenvalue weighted by Gasteiger charge is 2.29. The number of aliphatic hydroxyl groups is 1. The molecule has 108 valence electrons. The summed E-state index contributed by atoms with van der Waals surface area (Å²) in [6.45, 7) is 6.34. The third-order valence-corrected chi connectivity index (χ3v) is 4.82. The summed E-state index contributed by atoms with van der Waals surface area (Å²) < 4.78 is 39.6. The monoisotopic (exact) mass is 289 g/mol. The van der Waals surface area contributed by atoms with Crippen LogP contribution in [0.2, 0.25) is 0 Å². The van der Waals surface area contributed by atoms with Gasteiger partial charge in [-0.25, -0.2) is 12.8 Å². The van der Waals surface area contributed by atoms with Gasteiger partial charge in [0.2, 0.25) is 10.0 Å². The van der Waals surface area contributed by atoms with Crippen LogP contribution in [0.15, 0.2) is 23.1 Å². The van der Waals surface area contributed by atoms with Crippen LogP contribution in [0.5, 0.6) is 0 Å². The van der Waals surface area contributed by atoms with Gasteiger partial charge in [-0.3, -0.25) is 0 Å². The molecule has 1 aromatic rings. The molecule has 0 saturated carbocycles. The van der Waals surface area contributed by atoms with Gasteiger partial charge in [-0.1, -0.05) is 13.0 Å². The minimum Gasteiger partial charge on any atom is -0.389 e. The highest BCUT2D eigenvalue weighted by atomic mass is 32.2. The maximum atomic E-state index is 13.5. The van der Waals surface area contributed by atoms with E-state index in [0.717, 1.165) is 4.31 Å². The van der Waals surface area contributed by atoms with E-state index in [2.05, 4.69) is 0 Å². The maximum absolute atomic E-state index is 13.5. The fraction of sp³-hybridized carbons (Fsp3) is 0.538. The van der Waals surface area contributed by atoms with Crippen LogP contribution in [0, 0.1) is 12.7 Å². The molecule has 6 heteroatoms. The second kappa shape index (κ2) is 5.56. The highest BCUT2D eigenvalue weighted by molar-refractivity contribution is 7.89. The SMILES string of the molecule is CCN(CC(C)(C)O)S(=O)(=O)c1cccc(F)c1C. The summed E-state index contributed by atoms with van der Waals surface area (Å²) in [4.78, 5) is -0.0569. The standard InChI is InChI=1S/C13H20FNO3S/c1-5-15(9-13(3,4)16)19(17,18)12-8-6-7-11(14)10(12)2/h6-8,16H,5,9H2,1-4H3. The second-order valence-electron chi connectivity index (χ2n) is 5.11. The van der Waals surface area contributed by atoms with E-state index in [4.69, 9.17) is 0 Å². The molecule has 19 heavy (non-hydrogen) atoms. The lowest BCUT2D eigenvalue weighted by atomic mass is 10.1. The van der Waals surface area contributed by atoms with Crippen LogP contribution in [-0.4, -0.2) is 36.5 Å². The van der Waals surface area contributed by atoms with Crippen molar-refractivity contribution in [1.82, 2.24) is 4.31 Å². The van der Waals surface area contributed by atoms with Crippen molar-refractivity contribution in [1.29, 1.82) is 0 Å². The molecule has 0 aromatic heterocycles. The van der Waals surface area contributed by atoms with Crippen LogP contribution in [0.1, 0.15) is 26.3 Å². The Balaban J connectivity index is 3.25. The Hall–Kier alpha value is -0.980. The van der Waals surface area contributed by atoms with Gasteiger partial charge in [-0.05, 0) is 32.9 Å². The van der Waals surface area contributed by atoms with E-state index >= 15 is 0 Å². The van der Waals surface area contributed by atoms with Gasteiger partial charge in [0.05, 0.1) is 10.5 Å². The van der Waals surface area contributed by atoms with Crippen molar-refractivity contribution in [3.05, 3.63) is 29.6 Å². The van der Waals surface area contributed by atoms with Gasteiger partial charge >= 0.3 is 0 Å². The van der Waals surface area contributed by atoms with Crippen molar-refractivity contribution in [2.45, 2.75) is 38.2 Å². The Morgan fingerprint density at radius 3 is 2.42 bits per heavy atom. The molecule has 0 aliphatic heterocycles.